The molecule has 1 aromatic rings. The molecular weight excluding hydrogens is 234 g/mol. The zero-order valence-corrected chi connectivity index (χ0v) is 9.81. The molecule has 0 aromatic heterocycles. The minimum atomic E-state index is -1.49. The summed E-state index contributed by atoms with van der Waals surface area (Å²) in [5, 5.41) is -0.401. The normalized spacial score (nSPS) is 14.5. The third-order valence-electron chi connectivity index (χ3n) is 2.06. The number of halogens is 2. The van der Waals surface area contributed by atoms with E-state index in [0.29, 0.717) is 0 Å². The molecule has 0 N–H and O–H groups in total. The average molecular weight is 246 g/mol. The first-order valence-corrected chi connectivity index (χ1v) is 5.98. The number of rotatable bonds is 4. The average Bonchev–Trinajstić information content (AvgIpc) is 2.20. The van der Waals surface area contributed by atoms with Crippen LogP contribution in [-0.2, 0) is 15.6 Å². The van der Waals surface area contributed by atoms with Crippen LogP contribution >= 0.6 is 0 Å². The molecule has 1 rings (SSSR count). The van der Waals surface area contributed by atoms with E-state index in [1.807, 2.05) is 0 Å². The molecule has 88 valence electrons. The molecule has 5 heteroatoms. The van der Waals surface area contributed by atoms with Crippen LogP contribution in [0.25, 0.3) is 0 Å². The second-order valence-electron chi connectivity index (χ2n) is 3.59. The maximum absolute atomic E-state index is 12.9. The number of Topliss-reactive ketones (excluding diaryl/α,β-unsaturated/α-hetero) is 1. The summed E-state index contributed by atoms with van der Waals surface area (Å²) in [5.41, 5.74) is 0. The summed E-state index contributed by atoms with van der Waals surface area (Å²) in [5.74, 6) is -2.08. The van der Waals surface area contributed by atoms with Gasteiger partial charge in [0.2, 0.25) is 0 Å². The third-order valence-corrected chi connectivity index (χ3v) is 3.68. The zero-order chi connectivity index (χ0) is 12.3. The predicted octanol–water partition coefficient (Wildman–Crippen LogP) is 2.44. The van der Waals surface area contributed by atoms with Crippen LogP contribution < -0.4 is 0 Å². The summed E-state index contributed by atoms with van der Waals surface area (Å²) in [6.07, 6.45) is 0.158. The zero-order valence-electron chi connectivity index (χ0n) is 9.00. The molecule has 0 aliphatic heterocycles. The van der Waals surface area contributed by atoms with Crippen LogP contribution in [0, 0.1) is 11.6 Å². The highest BCUT2D eigenvalue weighted by molar-refractivity contribution is 7.85. The van der Waals surface area contributed by atoms with E-state index in [9.17, 15) is 17.8 Å². The largest absolute Gasteiger partial charge is 0.300 e. The molecule has 0 radical (unpaired) electrons. The maximum atomic E-state index is 12.9. The van der Waals surface area contributed by atoms with Crippen molar-refractivity contribution in [3.8, 4) is 0 Å². The van der Waals surface area contributed by atoms with Crippen LogP contribution in [0.15, 0.2) is 23.1 Å². The van der Waals surface area contributed by atoms with Crippen LogP contribution in [0.3, 0.4) is 0 Å². The smallest absolute Gasteiger partial charge is 0.160 e. The van der Waals surface area contributed by atoms with Gasteiger partial charge in [0.25, 0.3) is 0 Å². The molecule has 2 unspecified atom stereocenters. The quantitative estimate of drug-likeness (QED) is 0.817. The fourth-order valence-corrected chi connectivity index (χ4v) is 2.59. The second kappa shape index (κ2) is 5.30. The first-order valence-electron chi connectivity index (χ1n) is 4.77. The molecule has 0 spiro atoms. The van der Waals surface area contributed by atoms with E-state index in [2.05, 4.69) is 0 Å². The lowest BCUT2D eigenvalue weighted by molar-refractivity contribution is -0.116. The summed E-state index contributed by atoms with van der Waals surface area (Å²) >= 11 is 0. The Balaban J connectivity index is 2.88. The minimum absolute atomic E-state index is 0.0802. The van der Waals surface area contributed by atoms with Gasteiger partial charge in [-0.25, -0.2) is 8.78 Å². The molecule has 2 atom stereocenters. The highest BCUT2D eigenvalue weighted by atomic mass is 32.2. The van der Waals surface area contributed by atoms with Gasteiger partial charge >= 0.3 is 0 Å². The Hall–Kier alpha value is -1.10. The summed E-state index contributed by atoms with van der Waals surface area (Å²) in [6, 6.07) is 3.11. The highest BCUT2D eigenvalue weighted by Crippen LogP contribution is 2.16. The summed E-state index contributed by atoms with van der Waals surface area (Å²) < 4.78 is 37.3. The Kier molecular flexibility index (Phi) is 4.29. The van der Waals surface area contributed by atoms with Gasteiger partial charge in [0.15, 0.2) is 11.6 Å². The van der Waals surface area contributed by atoms with Crippen LogP contribution in [0.2, 0.25) is 0 Å². The second-order valence-corrected chi connectivity index (χ2v) is 5.46. The fraction of sp³-hybridized carbons (Fsp3) is 0.364. The minimum Gasteiger partial charge on any atom is -0.300 e. The van der Waals surface area contributed by atoms with Crippen molar-refractivity contribution in [2.24, 2.45) is 0 Å². The Morgan fingerprint density at radius 1 is 1.38 bits per heavy atom. The number of carbonyl (C=O) groups is 1. The predicted molar refractivity (Wildman–Crippen MR) is 57.5 cm³/mol. The van der Waals surface area contributed by atoms with Gasteiger partial charge in [-0.05, 0) is 25.1 Å². The highest BCUT2D eigenvalue weighted by Gasteiger charge is 2.16. The van der Waals surface area contributed by atoms with Crippen molar-refractivity contribution in [2.75, 3.05) is 0 Å². The molecule has 2 nitrogen and oxygen atoms in total. The van der Waals surface area contributed by atoms with Crippen LogP contribution in [0.4, 0.5) is 8.78 Å². The molecule has 0 heterocycles. The molecule has 0 fully saturated rings. The monoisotopic (exact) mass is 246 g/mol. The van der Waals surface area contributed by atoms with Crippen molar-refractivity contribution in [3.05, 3.63) is 29.8 Å². The van der Waals surface area contributed by atoms with Gasteiger partial charge in [-0.1, -0.05) is 6.92 Å². The van der Waals surface area contributed by atoms with E-state index in [1.165, 1.54) is 13.0 Å². The molecule has 0 saturated heterocycles. The van der Waals surface area contributed by atoms with Gasteiger partial charge < -0.3 is 0 Å². The van der Waals surface area contributed by atoms with Gasteiger partial charge in [0.1, 0.15) is 5.78 Å². The molecule has 1 aromatic carbocycles. The lowest BCUT2D eigenvalue weighted by Crippen LogP contribution is -2.14. The van der Waals surface area contributed by atoms with Crippen molar-refractivity contribution in [1.29, 1.82) is 0 Å². The molecule has 0 amide bonds. The van der Waals surface area contributed by atoms with Gasteiger partial charge in [-0.15, -0.1) is 0 Å². The SMILES string of the molecule is CC(=O)CC(C)S(=O)c1ccc(F)c(F)c1. The van der Waals surface area contributed by atoms with Gasteiger partial charge in [0, 0.05) is 16.6 Å². The molecule has 0 saturated carbocycles. The summed E-state index contributed by atoms with van der Waals surface area (Å²) in [4.78, 5) is 11.0. The molecule has 16 heavy (non-hydrogen) atoms. The Morgan fingerprint density at radius 3 is 2.50 bits per heavy atom. The van der Waals surface area contributed by atoms with Crippen LogP contribution in [0.5, 0.6) is 0 Å². The first-order chi connectivity index (χ1) is 7.41. The van der Waals surface area contributed by atoms with E-state index < -0.39 is 27.7 Å². The molecular formula is C11H12F2O2S. The van der Waals surface area contributed by atoms with E-state index in [-0.39, 0.29) is 17.1 Å². The van der Waals surface area contributed by atoms with Crippen molar-refractivity contribution < 1.29 is 17.8 Å². The number of ketones is 1. The van der Waals surface area contributed by atoms with E-state index in [0.717, 1.165) is 12.1 Å². The third kappa shape index (κ3) is 3.20. The fourth-order valence-electron chi connectivity index (χ4n) is 1.31. The van der Waals surface area contributed by atoms with E-state index in [1.54, 1.807) is 6.92 Å². The molecule has 0 aliphatic rings. The van der Waals surface area contributed by atoms with Gasteiger partial charge in [-0.2, -0.15) is 0 Å². The number of benzene rings is 1. The van der Waals surface area contributed by atoms with Crippen molar-refractivity contribution in [1.82, 2.24) is 0 Å². The van der Waals surface area contributed by atoms with Crippen molar-refractivity contribution in [2.45, 2.75) is 30.4 Å². The van der Waals surface area contributed by atoms with Gasteiger partial charge in [0.05, 0.1) is 10.8 Å². The first kappa shape index (κ1) is 13.0. The summed E-state index contributed by atoms with van der Waals surface area (Å²) in [7, 11) is -1.49. The Bertz CT molecular complexity index is 432. The number of hydrogen-bond acceptors (Lipinski definition) is 2. The summed E-state index contributed by atoms with van der Waals surface area (Å²) in [6.45, 7) is 3.04. The number of hydrogen-bond donors (Lipinski definition) is 0. The lowest BCUT2D eigenvalue weighted by Gasteiger charge is -2.09. The van der Waals surface area contributed by atoms with Crippen molar-refractivity contribution in [3.63, 3.8) is 0 Å². The molecule has 0 bridgehead atoms. The number of carbonyl (C=O) groups excluding carboxylic acids is 1. The van der Waals surface area contributed by atoms with Gasteiger partial charge in [-0.3, -0.25) is 9.00 Å². The standard InChI is InChI=1S/C11H12F2O2S/c1-7(14)5-8(2)16(15)9-3-4-10(12)11(13)6-9/h3-4,6,8H,5H2,1-2H3. The Labute approximate surface area is 95.1 Å². The van der Waals surface area contributed by atoms with Crippen LogP contribution in [0.1, 0.15) is 20.3 Å². The molecule has 0 aliphatic carbocycles. The van der Waals surface area contributed by atoms with Crippen molar-refractivity contribution >= 4 is 16.6 Å². The Morgan fingerprint density at radius 2 is 2.00 bits per heavy atom. The maximum Gasteiger partial charge on any atom is 0.160 e. The van der Waals surface area contributed by atoms with Crippen LogP contribution in [-0.4, -0.2) is 15.2 Å². The topological polar surface area (TPSA) is 34.1 Å². The van der Waals surface area contributed by atoms with E-state index in [4.69, 9.17) is 0 Å². The van der Waals surface area contributed by atoms with E-state index >= 15 is 0 Å². The lowest BCUT2D eigenvalue weighted by atomic mass is 10.2.